The maximum Gasteiger partial charge on any atom is 0.410 e. The number of piperidine rings is 1. The van der Waals surface area contributed by atoms with Crippen molar-refractivity contribution < 1.29 is 19.0 Å². The van der Waals surface area contributed by atoms with Crippen LogP contribution in [0.1, 0.15) is 39.2 Å². The van der Waals surface area contributed by atoms with E-state index in [0.717, 1.165) is 11.1 Å². The van der Waals surface area contributed by atoms with Gasteiger partial charge in [-0.05, 0) is 57.7 Å². The number of methoxy groups -OCH3 is 2. The summed E-state index contributed by atoms with van der Waals surface area (Å²) in [6, 6.07) is 5.40. The van der Waals surface area contributed by atoms with Crippen molar-refractivity contribution in [2.24, 2.45) is 5.73 Å². The number of anilines is 1. The molecule has 0 aliphatic carbocycles. The molecule has 194 valence electrons. The molecule has 0 atom stereocenters. The van der Waals surface area contributed by atoms with Gasteiger partial charge in [0, 0.05) is 37.3 Å². The van der Waals surface area contributed by atoms with Crippen molar-refractivity contribution in [2.45, 2.75) is 58.2 Å². The maximum atomic E-state index is 13.0. The number of benzene rings is 1. The molecule has 2 aromatic rings. The molecule has 1 saturated heterocycles. The number of nitrogens with one attached hydrogen (secondary N) is 1. The first-order valence-corrected chi connectivity index (χ1v) is 12.0. The number of hydrogen-bond donors (Lipinski definition) is 2. The van der Waals surface area contributed by atoms with E-state index in [1.54, 1.807) is 34.7 Å². The van der Waals surface area contributed by atoms with E-state index in [0.29, 0.717) is 61.9 Å². The SMILES string of the molecule is COc1cc2c(cc1OC)-c1cc(N(C(=N)N)C3CCN(C(=O)OC(C)(C)C)CC3)nc(=O)n1CC2. The highest BCUT2D eigenvalue weighted by molar-refractivity contribution is 5.92. The summed E-state index contributed by atoms with van der Waals surface area (Å²) in [5.41, 5.74) is 7.59. The Labute approximate surface area is 210 Å². The Hall–Kier alpha value is -3.76. The van der Waals surface area contributed by atoms with Crippen LogP contribution >= 0.6 is 0 Å². The van der Waals surface area contributed by atoms with Crippen LogP contribution in [0.25, 0.3) is 11.3 Å². The summed E-state index contributed by atoms with van der Waals surface area (Å²) >= 11 is 0. The van der Waals surface area contributed by atoms with Crippen LogP contribution in [0.15, 0.2) is 23.0 Å². The van der Waals surface area contributed by atoms with Gasteiger partial charge in [-0.3, -0.25) is 14.9 Å². The van der Waals surface area contributed by atoms with Crippen LogP contribution in [0, 0.1) is 5.41 Å². The molecule has 1 aromatic carbocycles. The van der Waals surface area contributed by atoms with Gasteiger partial charge in [-0.1, -0.05) is 0 Å². The number of hydrogen-bond acceptors (Lipinski definition) is 7. The minimum absolute atomic E-state index is 0.190. The van der Waals surface area contributed by atoms with Crippen molar-refractivity contribution in [3.8, 4) is 22.8 Å². The quantitative estimate of drug-likeness (QED) is 0.485. The number of ether oxygens (including phenoxy) is 3. The van der Waals surface area contributed by atoms with Crippen LogP contribution in [0.5, 0.6) is 11.5 Å². The molecule has 1 amide bonds. The number of amides is 1. The number of aromatic nitrogens is 2. The molecule has 0 spiro atoms. The molecule has 0 saturated carbocycles. The standard InChI is InChI=1S/C25H34N6O5/c1-25(2,3)36-24(33)29-9-7-16(8-10-29)31(22(26)27)21-14-18-17-13-20(35-5)19(34-4)12-15(17)6-11-30(18)23(32)28-21/h12-14,16H,6-11H2,1-5H3,(H3,26,27). The largest absolute Gasteiger partial charge is 0.493 e. The number of guanidine groups is 1. The Morgan fingerprint density at radius 3 is 2.33 bits per heavy atom. The summed E-state index contributed by atoms with van der Waals surface area (Å²) in [4.78, 5) is 33.0. The average Bonchev–Trinajstić information content (AvgIpc) is 2.82. The van der Waals surface area contributed by atoms with Gasteiger partial charge >= 0.3 is 11.8 Å². The fraction of sp³-hybridized carbons (Fsp3) is 0.520. The third-order valence-electron chi connectivity index (χ3n) is 6.48. The van der Waals surface area contributed by atoms with Gasteiger partial charge in [0.15, 0.2) is 17.5 Å². The number of likely N-dealkylation sites (tertiary alicyclic amines) is 1. The lowest BCUT2D eigenvalue weighted by molar-refractivity contribution is 0.0207. The monoisotopic (exact) mass is 498 g/mol. The zero-order valence-electron chi connectivity index (χ0n) is 21.5. The molecule has 4 rings (SSSR count). The Bertz CT molecular complexity index is 1230. The lowest BCUT2D eigenvalue weighted by atomic mass is 9.96. The fourth-order valence-corrected chi connectivity index (χ4v) is 4.80. The van der Waals surface area contributed by atoms with Crippen molar-refractivity contribution in [3.63, 3.8) is 0 Å². The summed E-state index contributed by atoms with van der Waals surface area (Å²) < 4.78 is 18.0. The van der Waals surface area contributed by atoms with Gasteiger partial charge in [-0.25, -0.2) is 9.59 Å². The second-order valence-corrected chi connectivity index (χ2v) is 10.0. The van der Waals surface area contributed by atoms with Gasteiger partial charge in [-0.2, -0.15) is 4.98 Å². The molecule has 11 nitrogen and oxygen atoms in total. The topological polar surface area (TPSA) is 136 Å². The lowest BCUT2D eigenvalue weighted by Gasteiger charge is -2.38. The maximum absolute atomic E-state index is 13.0. The number of fused-ring (bicyclic) bond motifs is 3. The number of nitrogens with zero attached hydrogens (tertiary/aromatic N) is 4. The number of rotatable bonds is 4. The summed E-state index contributed by atoms with van der Waals surface area (Å²) in [6.45, 7) is 6.89. The number of nitrogens with two attached hydrogens (primary N) is 1. The zero-order chi connectivity index (χ0) is 26.2. The third kappa shape index (κ3) is 4.95. The molecule has 0 bridgehead atoms. The Morgan fingerprint density at radius 2 is 1.75 bits per heavy atom. The van der Waals surface area contributed by atoms with Gasteiger partial charge < -0.3 is 24.8 Å². The van der Waals surface area contributed by atoms with Crippen LogP contribution in [0.3, 0.4) is 0 Å². The molecule has 0 unspecified atom stereocenters. The summed E-state index contributed by atoms with van der Waals surface area (Å²) in [7, 11) is 3.16. The molecular weight excluding hydrogens is 464 g/mol. The highest BCUT2D eigenvalue weighted by Gasteiger charge is 2.32. The summed E-state index contributed by atoms with van der Waals surface area (Å²) in [5, 5.41) is 8.26. The zero-order valence-corrected chi connectivity index (χ0v) is 21.5. The van der Waals surface area contributed by atoms with Crippen molar-refractivity contribution in [1.29, 1.82) is 5.41 Å². The van der Waals surface area contributed by atoms with Crippen molar-refractivity contribution in [2.75, 3.05) is 32.2 Å². The Kier molecular flexibility index (Phi) is 6.83. The smallest absolute Gasteiger partial charge is 0.410 e. The molecule has 11 heteroatoms. The predicted molar refractivity (Wildman–Crippen MR) is 136 cm³/mol. The Balaban J connectivity index is 1.65. The second kappa shape index (κ2) is 9.71. The molecule has 0 radical (unpaired) electrons. The van der Waals surface area contributed by atoms with E-state index >= 15 is 0 Å². The highest BCUT2D eigenvalue weighted by Crippen LogP contribution is 2.38. The predicted octanol–water partition coefficient (Wildman–Crippen LogP) is 2.58. The first kappa shape index (κ1) is 25.3. The molecule has 1 fully saturated rings. The average molecular weight is 499 g/mol. The van der Waals surface area contributed by atoms with Crippen LogP contribution in [0.2, 0.25) is 0 Å². The van der Waals surface area contributed by atoms with Gasteiger partial charge in [0.2, 0.25) is 0 Å². The minimum Gasteiger partial charge on any atom is -0.493 e. The number of carbonyl (C=O) groups excluding carboxylic acids is 1. The summed E-state index contributed by atoms with van der Waals surface area (Å²) in [6.07, 6.45) is 1.41. The van der Waals surface area contributed by atoms with Gasteiger partial charge in [0.05, 0.1) is 19.9 Å². The highest BCUT2D eigenvalue weighted by atomic mass is 16.6. The first-order valence-electron chi connectivity index (χ1n) is 12.0. The van der Waals surface area contributed by atoms with E-state index in [2.05, 4.69) is 4.98 Å². The summed E-state index contributed by atoms with van der Waals surface area (Å²) in [5.74, 6) is 1.31. The first-order chi connectivity index (χ1) is 17.0. The van der Waals surface area contributed by atoms with Crippen LogP contribution in [0.4, 0.5) is 10.6 Å². The van der Waals surface area contributed by atoms with Crippen molar-refractivity contribution >= 4 is 17.9 Å². The van der Waals surface area contributed by atoms with Gasteiger partial charge in [-0.15, -0.1) is 0 Å². The van der Waals surface area contributed by atoms with Crippen LogP contribution < -0.4 is 25.8 Å². The van der Waals surface area contributed by atoms with Crippen LogP contribution in [-0.2, 0) is 17.7 Å². The van der Waals surface area contributed by atoms with Crippen molar-refractivity contribution in [1.82, 2.24) is 14.5 Å². The van der Waals surface area contributed by atoms with E-state index in [1.807, 2.05) is 32.9 Å². The van der Waals surface area contributed by atoms with E-state index in [4.69, 9.17) is 25.4 Å². The number of aryl methyl sites for hydroxylation is 1. The van der Waals surface area contributed by atoms with E-state index in [9.17, 15) is 9.59 Å². The molecular formula is C25H34N6O5. The second-order valence-electron chi connectivity index (χ2n) is 10.0. The molecule has 2 aliphatic rings. The normalized spacial score (nSPS) is 15.5. The van der Waals surface area contributed by atoms with E-state index in [1.165, 1.54) is 0 Å². The van der Waals surface area contributed by atoms with Gasteiger partial charge in [0.1, 0.15) is 11.4 Å². The molecule has 3 N–H and O–H groups in total. The molecule has 36 heavy (non-hydrogen) atoms. The Morgan fingerprint density at radius 1 is 1.11 bits per heavy atom. The fourth-order valence-electron chi connectivity index (χ4n) is 4.80. The van der Waals surface area contributed by atoms with Crippen LogP contribution in [-0.4, -0.2) is 65.5 Å². The van der Waals surface area contributed by atoms with E-state index < -0.39 is 11.3 Å². The minimum atomic E-state index is -0.572. The third-order valence-corrected chi connectivity index (χ3v) is 6.48. The number of carbonyl (C=O) groups is 1. The molecule has 1 aromatic heterocycles. The van der Waals surface area contributed by atoms with E-state index in [-0.39, 0.29) is 18.1 Å². The van der Waals surface area contributed by atoms with Crippen molar-refractivity contribution in [3.05, 3.63) is 34.2 Å². The molecule has 3 heterocycles. The van der Waals surface area contributed by atoms with Gasteiger partial charge in [0.25, 0.3) is 0 Å². The molecule has 2 aliphatic heterocycles. The lowest BCUT2D eigenvalue weighted by Crippen LogP contribution is -2.52.